The Balaban J connectivity index is 2.28. The van der Waals surface area contributed by atoms with Crippen LogP contribution in [0.3, 0.4) is 0 Å². The molecule has 0 aliphatic carbocycles. The molecule has 0 saturated carbocycles. The summed E-state index contributed by atoms with van der Waals surface area (Å²) in [5.74, 6) is 0.00645. The number of rotatable bonds is 5. The van der Waals surface area contributed by atoms with Crippen molar-refractivity contribution in [3.05, 3.63) is 52.8 Å². The van der Waals surface area contributed by atoms with Crippen LogP contribution in [0, 0.1) is 0 Å². The van der Waals surface area contributed by atoms with Crippen molar-refractivity contribution >= 4 is 12.1 Å². The number of hydrazone groups is 1. The van der Waals surface area contributed by atoms with Gasteiger partial charge in [-0.15, -0.1) is 0 Å². The zero-order valence-corrected chi connectivity index (χ0v) is 14.9. The molecule has 128 valence electrons. The number of aryl methyl sites for hydroxylation is 1. The Labute approximate surface area is 143 Å². The summed E-state index contributed by atoms with van der Waals surface area (Å²) < 4.78 is 1.89. The number of amides is 1. The molecule has 0 radical (unpaired) electrons. The molecule has 0 aliphatic rings. The van der Waals surface area contributed by atoms with Crippen LogP contribution >= 0.6 is 0 Å². The third-order valence-corrected chi connectivity index (χ3v) is 4.04. The van der Waals surface area contributed by atoms with E-state index >= 15 is 0 Å². The molecule has 0 saturated heterocycles. The van der Waals surface area contributed by atoms with Gasteiger partial charge >= 0.3 is 0 Å². The average Bonchev–Trinajstić information content (AvgIpc) is 2.92. The number of nitrogens with one attached hydrogen (secondary N) is 1. The monoisotopic (exact) mass is 327 g/mol. The standard InChI is InChI=1S/C19H25N3O2/c1-12(2)14-9-16(13(3)4)18(23)17(10-14)19(24)21-20-11-15-7-6-8-22(15)5/h6-13,23H,1-5H3,(H,21,24). The molecule has 0 fully saturated rings. The highest BCUT2D eigenvalue weighted by Gasteiger charge is 2.18. The molecule has 1 heterocycles. The quantitative estimate of drug-likeness (QED) is 0.649. The van der Waals surface area contributed by atoms with E-state index in [4.69, 9.17) is 0 Å². The summed E-state index contributed by atoms with van der Waals surface area (Å²) in [6.45, 7) is 8.11. The summed E-state index contributed by atoms with van der Waals surface area (Å²) in [6.07, 6.45) is 3.47. The van der Waals surface area contributed by atoms with E-state index in [0.29, 0.717) is 0 Å². The van der Waals surface area contributed by atoms with Gasteiger partial charge in [0.1, 0.15) is 5.75 Å². The third-order valence-electron chi connectivity index (χ3n) is 4.04. The minimum Gasteiger partial charge on any atom is -0.507 e. The van der Waals surface area contributed by atoms with Crippen LogP contribution in [-0.2, 0) is 7.05 Å². The molecule has 2 aromatic rings. The number of aromatic nitrogens is 1. The number of phenolic OH excluding ortho intramolecular Hbond substituents is 1. The van der Waals surface area contributed by atoms with Gasteiger partial charge in [-0.3, -0.25) is 4.79 Å². The average molecular weight is 327 g/mol. The Bertz CT molecular complexity index is 758. The summed E-state index contributed by atoms with van der Waals surface area (Å²) >= 11 is 0. The van der Waals surface area contributed by atoms with E-state index in [9.17, 15) is 9.90 Å². The van der Waals surface area contributed by atoms with Crippen LogP contribution in [0.5, 0.6) is 5.75 Å². The zero-order valence-electron chi connectivity index (χ0n) is 14.9. The van der Waals surface area contributed by atoms with Gasteiger partial charge in [-0.25, -0.2) is 5.43 Å². The number of hydrogen-bond donors (Lipinski definition) is 2. The molecule has 0 unspecified atom stereocenters. The molecule has 1 aromatic carbocycles. The molecule has 1 aromatic heterocycles. The highest BCUT2D eigenvalue weighted by atomic mass is 16.3. The van der Waals surface area contributed by atoms with Crippen LogP contribution in [0.25, 0.3) is 0 Å². The fourth-order valence-electron chi connectivity index (χ4n) is 2.45. The van der Waals surface area contributed by atoms with Crippen molar-refractivity contribution in [2.75, 3.05) is 0 Å². The second kappa shape index (κ2) is 7.34. The molecule has 0 aliphatic heterocycles. The predicted octanol–water partition coefficient (Wildman–Crippen LogP) is 3.74. The van der Waals surface area contributed by atoms with Crippen molar-refractivity contribution in [1.29, 1.82) is 0 Å². The summed E-state index contributed by atoms with van der Waals surface area (Å²) in [4.78, 5) is 12.4. The number of nitrogens with zero attached hydrogens (tertiary/aromatic N) is 2. The lowest BCUT2D eigenvalue weighted by Gasteiger charge is -2.16. The zero-order chi connectivity index (χ0) is 17.9. The first-order valence-corrected chi connectivity index (χ1v) is 8.12. The van der Waals surface area contributed by atoms with Crippen molar-refractivity contribution in [3.63, 3.8) is 0 Å². The number of benzene rings is 1. The lowest BCUT2D eigenvalue weighted by molar-refractivity contribution is 0.0952. The van der Waals surface area contributed by atoms with E-state index in [1.54, 1.807) is 12.3 Å². The molecule has 0 atom stereocenters. The van der Waals surface area contributed by atoms with Crippen LogP contribution in [-0.4, -0.2) is 21.8 Å². The van der Waals surface area contributed by atoms with Gasteiger partial charge in [0.15, 0.2) is 0 Å². The minimum atomic E-state index is -0.414. The molecule has 24 heavy (non-hydrogen) atoms. The Morgan fingerprint density at radius 1 is 1.25 bits per heavy atom. The van der Waals surface area contributed by atoms with Crippen LogP contribution in [0.1, 0.15) is 66.7 Å². The van der Waals surface area contributed by atoms with E-state index in [0.717, 1.165) is 16.8 Å². The summed E-state index contributed by atoms with van der Waals surface area (Å²) in [7, 11) is 1.90. The largest absolute Gasteiger partial charge is 0.507 e. The maximum Gasteiger partial charge on any atom is 0.275 e. The molecular weight excluding hydrogens is 302 g/mol. The minimum absolute atomic E-state index is 0.0287. The highest BCUT2D eigenvalue weighted by molar-refractivity contribution is 5.98. The fourth-order valence-corrected chi connectivity index (χ4v) is 2.45. The third kappa shape index (κ3) is 3.85. The highest BCUT2D eigenvalue weighted by Crippen LogP contribution is 2.32. The van der Waals surface area contributed by atoms with E-state index in [-0.39, 0.29) is 23.1 Å². The summed E-state index contributed by atoms with van der Waals surface area (Å²) in [5.41, 5.74) is 5.42. The van der Waals surface area contributed by atoms with Crippen LogP contribution < -0.4 is 5.43 Å². The smallest absolute Gasteiger partial charge is 0.275 e. The lowest BCUT2D eigenvalue weighted by atomic mass is 9.92. The van der Waals surface area contributed by atoms with Gasteiger partial charge in [0.25, 0.3) is 5.91 Å². The lowest BCUT2D eigenvalue weighted by Crippen LogP contribution is -2.19. The topological polar surface area (TPSA) is 66.6 Å². The van der Waals surface area contributed by atoms with Gasteiger partial charge in [-0.2, -0.15) is 5.10 Å². The Hall–Kier alpha value is -2.56. The first-order valence-electron chi connectivity index (χ1n) is 8.12. The second-order valence-corrected chi connectivity index (χ2v) is 6.56. The van der Waals surface area contributed by atoms with Crippen LogP contribution in [0.15, 0.2) is 35.6 Å². The normalized spacial score (nSPS) is 11.6. The Morgan fingerprint density at radius 3 is 2.50 bits per heavy atom. The first-order chi connectivity index (χ1) is 11.3. The summed E-state index contributed by atoms with van der Waals surface area (Å²) in [6, 6.07) is 7.49. The maximum absolute atomic E-state index is 12.4. The van der Waals surface area contributed by atoms with E-state index in [1.165, 1.54) is 0 Å². The van der Waals surface area contributed by atoms with Gasteiger partial charge in [0.05, 0.1) is 17.5 Å². The summed E-state index contributed by atoms with van der Waals surface area (Å²) in [5, 5.41) is 14.4. The maximum atomic E-state index is 12.4. The van der Waals surface area contributed by atoms with Crippen molar-refractivity contribution in [2.24, 2.45) is 12.1 Å². The van der Waals surface area contributed by atoms with Gasteiger partial charge in [0.2, 0.25) is 0 Å². The van der Waals surface area contributed by atoms with E-state index in [1.807, 2.05) is 49.9 Å². The van der Waals surface area contributed by atoms with E-state index in [2.05, 4.69) is 24.4 Å². The van der Waals surface area contributed by atoms with Crippen LogP contribution in [0.4, 0.5) is 0 Å². The Kier molecular flexibility index (Phi) is 5.44. The molecule has 5 nitrogen and oxygen atoms in total. The number of phenols is 1. The molecule has 0 bridgehead atoms. The van der Waals surface area contributed by atoms with Crippen molar-refractivity contribution in [1.82, 2.24) is 9.99 Å². The first kappa shape index (κ1) is 17.8. The molecule has 2 N–H and O–H groups in total. The molecule has 5 heteroatoms. The van der Waals surface area contributed by atoms with Crippen LogP contribution in [0.2, 0.25) is 0 Å². The van der Waals surface area contributed by atoms with Gasteiger partial charge in [0, 0.05) is 13.2 Å². The fraction of sp³-hybridized carbons (Fsp3) is 0.368. The van der Waals surface area contributed by atoms with Crippen molar-refractivity contribution in [3.8, 4) is 5.75 Å². The molecule has 2 rings (SSSR count). The van der Waals surface area contributed by atoms with Gasteiger partial charge in [-0.1, -0.05) is 33.8 Å². The van der Waals surface area contributed by atoms with Crippen molar-refractivity contribution < 1.29 is 9.90 Å². The SMILES string of the molecule is CC(C)c1cc(C(=O)NN=Cc2cccn2C)c(O)c(C(C)C)c1. The number of carbonyl (C=O) groups excluding carboxylic acids is 1. The number of aromatic hydroxyl groups is 1. The number of hydrogen-bond acceptors (Lipinski definition) is 3. The van der Waals surface area contributed by atoms with Crippen molar-refractivity contribution in [2.45, 2.75) is 39.5 Å². The van der Waals surface area contributed by atoms with Gasteiger partial charge < -0.3 is 9.67 Å². The van der Waals surface area contributed by atoms with Gasteiger partial charge in [-0.05, 0) is 41.2 Å². The molecule has 0 spiro atoms. The second-order valence-electron chi connectivity index (χ2n) is 6.56. The predicted molar refractivity (Wildman–Crippen MR) is 96.8 cm³/mol. The molecular formula is C19H25N3O2. The number of carbonyl (C=O) groups is 1. The molecule has 1 amide bonds. The van der Waals surface area contributed by atoms with E-state index < -0.39 is 5.91 Å². The Morgan fingerprint density at radius 2 is 1.96 bits per heavy atom.